The van der Waals surface area contributed by atoms with Gasteiger partial charge in [0.05, 0.1) is 6.61 Å². The van der Waals surface area contributed by atoms with Crippen molar-refractivity contribution in [3.8, 4) is 0 Å². The maximum Gasteiger partial charge on any atom is 0.164 e. The molecular weight excluding hydrogens is 228 g/mol. The molecule has 0 amide bonds. The fraction of sp³-hybridized carbons (Fsp3) is 0.909. The van der Waals surface area contributed by atoms with Crippen molar-refractivity contribution in [3.05, 3.63) is 0 Å². The predicted molar refractivity (Wildman–Crippen MR) is 60.3 cm³/mol. The molecule has 5 N–H and O–H groups in total. The highest BCUT2D eigenvalue weighted by Gasteiger charge is 2.33. The lowest BCUT2D eigenvalue weighted by Crippen LogP contribution is -2.48. The minimum atomic E-state index is -1.79. The molecule has 0 aromatic carbocycles. The van der Waals surface area contributed by atoms with Gasteiger partial charge in [0.1, 0.15) is 24.4 Å². The zero-order valence-corrected chi connectivity index (χ0v) is 9.99. The van der Waals surface area contributed by atoms with E-state index in [4.69, 9.17) is 10.2 Å². The van der Waals surface area contributed by atoms with Crippen LogP contribution in [0.3, 0.4) is 0 Å². The summed E-state index contributed by atoms with van der Waals surface area (Å²) in [7, 11) is 0. The van der Waals surface area contributed by atoms with Crippen LogP contribution in [0.5, 0.6) is 0 Å². The van der Waals surface area contributed by atoms with Crippen LogP contribution in [0.25, 0.3) is 0 Å². The van der Waals surface area contributed by atoms with Crippen molar-refractivity contribution in [3.63, 3.8) is 0 Å². The summed E-state index contributed by atoms with van der Waals surface area (Å²) < 4.78 is 0. The van der Waals surface area contributed by atoms with E-state index in [0.717, 1.165) is 12.8 Å². The van der Waals surface area contributed by atoms with E-state index in [9.17, 15) is 20.1 Å². The SMILES string of the molecule is CCCCCC(=O)[C@H](O)[C@@H](O)[C@@H](O)[C@H](O)CO. The molecule has 0 saturated heterocycles. The second-order valence-corrected chi connectivity index (χ2v) is 4.10. The second-order valence-electron chi connectivity index (χ2n) is 4.10. The van der Waals surface area contributed by atoms with Crippen LogP contribution in [0.1, 0.15) is 32.6 Å². The molecule has 0 aromatic rings. The molecule has 6 heteroatoms. The third-order valence-corrected chi connectivity index (χ3v) is 2.61. The molecule has 0 bridgehead atoms. The van der Waals surface area contributed by atoms with Crippen LogP contribution < -0.4 is 0 Å². The number of hydrogen-bond acceptors (Lipinski definition) is 6. The number of ketones is 1. The molecule has 0 heterocycles. The van der Waals surface area contributed by atoms with E-state index in [1.807, 2.05) is 6.92 Å². The van der Waals surface area contributed by atoms with E-state index in [0.29, 0.717) is 6.42 Å². The molecule has 0 unspecified atom stereocenters. The van der Waals surface area contributed by atoms with E-state index in [1.165, 1.54) is 0 Å². The zero-order chi connectivity index (χ0) is 13.4. The molecule has 0 spiro atoms. The Kier molecular flexibility index (Phi) is 8.28. The van der Waals surface area contributed by atoms with Crippen LogP contribution >= 0.6 is 0 Å². The Labute approximate surface area is 101 Å². The van der Waals surface area contributed by atoms with Gasteiger partial charge in [0.25, 0.3) is 0 Å². The first-order valence-corrected chi connectivity index (χ1v) is 5.81. The van der Waals surface area contributed by atoms with Gasteiger partial charge in [0, 0.05) is 6.42 Å². The molecule has 0 aliphatic heterocycles. The average molecular weight is 250 g/mol. The van der Waals surface area contributed by atoms with Crippen molar-refractivity contribution >= 4 is 5.78 Å². The van der Waals surface area contributed by atoms with Crippen LogP contribution in [-0.2, 0) is 4.79 Å². The topological polar surface area (TPSA) is 118 Å². The summed E-state index contributed by atoms with van der Waals surface area (Å²) in [6, 6.07) is 0. The van der Waals surface area contributed by atoms with Crippen molar-refractivity contribution in [1.82, 2.24) is 0 Å². The van der Waals surface area contributed by atoms with Gasteiger partial charge in [-0.3, -0.25) is 4.79 Å². The normalized spacial score (nSPS) is 18.5. The van der Waals surface area contributed by atoms with Crippen molar-refractivity contribution in [2.75, 3.05) is 6.61 Å². The van der Waals surface area contributed by atoms with Gasteiger partial charge in [0.15, 0.2) is 5.78 Å². The molecule has 4 atom stereocenters. The summed E-state index contributed by atoms with van der Waals surface area (Å²) in [5.41, 5.74) is 0. The first-order chi connectivity index (χ1) is 7.95. The Hall–Kier alpha value is -0.530. The van der Waals surface area contributed by atoms with Crippen molar-refractivity contribution in [2.45, 2.75) is 57.0 Å². The van der Waals surface area contributed by atoms with Crippen LogP contribution in [0, 0.1) is 0 Å². The summed E-state index contributed by atoms with van der Waals surface area (Å²) >= 11 is 0. The first-order valence-electron chi connectivity index (χ1n) is 5.81. The third-order valence-electron chi connectivity index (χ3n) is 2.61. The average Bonchev–Trinajstić information content (AvgIpc) is 2.35. The lowest BCUT2D eigenvalue weighted by atomic mass is 9.97. The van der Waals surface area contributed by atoms with E-state index in [1.54, 1.807) is 0 Å². The predicted octanol–water partition coefficient (Wildman–Crippen LogP) is -1.43. The second kappa shape index (κ2) is 8.54. The Morgan fingerprint density at radius 1 is 1.06 bits per heavy atom. The van der Waals surface area contributed by atoms with Crippen molar-refractivity contribution in [2.24, 2.45) is 0 Å². The Balaban J connectivity index is 4.18. The van der Waals surface area contributed by atoms with Crippen LogP contribution in [0.4, 0.5) is 0 Å². The van der Waals surface area contributed by atoms with Crippen LogP contribution in [0.2, 0.25) is 0 Å². The lowest BCUT2D eigenvalue weighted by Gasteiger charge is -2.24. The quantitative estimate of drug-likeness (QED) is 0.320. The monoisotopic (exact) mass is 250 g/mol. The lowest BCUT2D eigenvalue weighted by molar-refractivity contribution is -0.147. The molecule has 17 heavy (non-hydrogen) atoms. The highest BCUT2D eigenvalue weighted by Crippen LogP contribution is 2.09. The Bertz CT molecular complexity index is 220. The van der Waals surface area contributed by atoms with E-state index < -0.39 is 36.8 Å². The molecule has 102 valence electrons. The summed E-state index contributed by atoms with van der Waals surface area (Å²) in [5, 5.41) is 45.8. The van der Waals surface area contributed by atoms with E-state index in [2.05, 4.69) is 0 Å². The maximum atomic E-state index is 11.4. The Morgan fingerprint density at radius 2 is 1.65 bits per heavy atom. The summed E-state index contributed by atoms with van der Waals surface area (Å²) in [5.74, 6) is -0.574. The van der Waals surface area contributed by atoms with Gasteiger partial charge in [-0.15, -0.1) is 0 Å². The number of aliphatic hydroxyl groups is 5. The molecule has 0 radical (unpaired) electrons. The summed E-state index contributed by atoms with van der Waals surface area (Å²) in [6.07, 6.45) is -4.34. The number of Topliss-reactive ketones (excluding diaryl/α,β-unsaturated/α-hetero) is 1. The van der Waals surface area contributed by atoms with Crippen LogP contribution in [0.15, 0.2) is 0 Å². The van der Waals surface area contributed by atoms with Gasteiger partial charge in [-0.2, -0.15) is 0 Å². The highest BCUT2D eigenvalue weighted by atomic mass is 16.4. The van der Waals surface area contributed by atoms with E-state index >= 15 is 0 Å². The molecule has 0 rings (SSSR count). The number of rotatable bonds is 9. The molecule has 0 fully saturated rings. The van der Waals surface area contributed by atoms with Gasteiger partial charge in [-0.05, 0) is 6.42 Å². The van der Waals surface area contributed by atoms with E-state index in [-0.39, 0.29) is 6.42 Å². The number of hydrogen-bond donors (Lipinski definition) is 5. The van der Waals surface area contributed by atoms with Gasteiger partial charge in [-0.1, -0.05) is 19.8 Å². The molecule has 0 aromatic heterocycles. The largest absolute Gasteiger partial charge is 0.394 e. The van der Waals surface area contributed by atoms with Gasteiger partial charge >= 0.3 is 0 Å². The molecule has 0 saturated carbocycles. The first kappa shape index (κ1) is 16.5. The third kappa shape index (κ3) is 5.56. The van der Waals surface area contributed by atoms with Crippen molar-refractivity contribution in [1.29, 1.82) is 0 Å². The fourth-order valence-corrected chi connectivity index (χ4v) is 1.41. The number of carbonyl (C=O) groups is 1. The van der Waals surface area contributed by atoms with Gasteiger partial charge < -0.3 is 25.5 Å². The molecule has 0 aliphatic rings. The molecule has 6 nitrogen and oxygen atoms in total. The number of aliphatic hydroxyl groups excluding tert-OH is 5. The standard InChI is InChI=1S/C11H22O6/c1-2-3-4-5-7(13)9(15)11(17)10(16)8(14)6-12/h8-12,14-17H,2-6H2,1H3/t8-,9+,10+,11-/m1/s1. The summed E-state index contributed by atoms with van der Waals surface area (Å²) in [6.45, 7) is 1.21. The summed E-state index contributed by atoms with van der Waals surface area (Å²) in [4.78, 5) is 11.4. The minimum Gasteiger partial charge on any atom is -0.394 e. The highest BCUT2D eigenvalue weighted by molar-refractivity contribution is 5.83. The maximum absolute atomic E-state index is 11.4. The minimum absolute atomic E-state index is 0.119. The van der Waals surface area contributed by atoms with Gasteiger partial charge in [-0.25, -0.2) is 0 Å². The Morgan fingerprint density at radius 3 is 2.12 bits per heavy atom. The molecule has 0 aliphatic carbocycles. The molecular formula is C11H22O6. The zero-order valence-electron chi connectivity index (χ0n) is 9.99. The van der Waals surface area contributed by atoms with Crippen molar-refractivity contribution < 1.29 is 30.3 Å². The smallest absolute Gasteiger partial charge is 0.164 e. The number of carbonyl (C=O) groups excluding carboxylic acids is 1. The van der Waals surface area contributed by atoms with Crippen LogP contribution in [-0.4, -0.2) is 62.3 Å². The van der Waals surface area contributed by atoms with Gasteiger partial charge in [0.2, 0.25) is 0 Å². The fourth-order valence-electron chi connectivity index (χ4n) is 1.41. The number of unbranched alkanes of at least 4 members (excludes halogenated alkanes) is 2.